The van der Waals surface area contributed by atoms with Gasteiger partial charge in [-0.3, -0.25) is 9.59 Å². The number of para-hydroxylation sites is 1. The standard InChI is InChI=1S/C20H31N3O4.ClH/c1-13(2)12-27-20(26)15(5)22-17(24)11-23(16-9-7-6-8-10-16)19(25)18(21)14(3)4;/h6-10,13-15,18H,11-12,21H2,1-5H3,(H,22,24);1H/t15-,18-;/m0./s1. The van der Waals surface area contributed by atoms with Gasteiger partial charge in [0.05, 0.1) is 12.6 Å². The summed E-state index contributed by atoms with van der Waals surface area (Å²) >= 11 is 0. The van der Waals surface area contributed by atoms with Crippen molar-refractivity contribution in [3.05, 3.63) is 30.3 Å². The molecule has 0 saturated carbocycles. The van der Waals surface area contributed by atoms with Gasteiger partial charge in [0.15, 0.2) is 0 Å². The Balaban J connectivity index is 0.00000729. The van der Waals surface area contributed by atoms with Gasteiger partial charge in [0.2, 0.25) is 11.8 Å². The van der Waals surface area contributed by atoms with E-state index in [1.165, 1.54) is 4.90 Å². The van der Waals surface area contributed by atoms with E-state index < -0.39 is 24.0 Å². The topological polar surface area (TPSA) is 102 Å². The number of ether oxygens (including phenoxy) is 1. The second-order valence-electron chi connectivity index (χ2n) is 7.34. The van der Waals surface area contributed by atoms with E-state index in [4.69, 9.17) is 10.5 Å². The first-order chi connectivity index (χ1) is 12.6. The van der Waals surface area contributed by atoms with Crippen molar-refractivity contribution in [2.75, 3.05) is 18.1 Å². The van der Waals surface area contributed by atoms with E-state index in [1.807, 2.05) is 33.8 Å². The number of rotatable bonds is 9. The van der Waals surface area contributed by atoms with Gasteiger partial charge in [-0.2, -0.15) is 0 Å². The van der Waals surface area contributed by atoms with Crippen LogP contribution in [-0.2, 0) is 19.1 Å². The number of amides is 2. The third-order valence-electron chi connectivity index (χ3n) is 3.93. The van der Waals surface area contributed by atoms with Crippen molar-refractivity contribution < 1.29 is 19.1 Å². The number of halogens is 1. The molecular formula is C20H32ClN3O4. The van der Waals surface area contributed by atoms with E-state index in [2.05, 4.69) is 5.32 Å². The van der Waals surface area contributed by atoms with Crippen molar-refractivity contribution in [3.8, 4) is 0 Å². The lowest BCUT2D eigenvalue weighted by atomic mass is 10.0. The summed E-state index contributed by atoms with van der Waals surface area (Å²) in [5.74, 6) is -1.18. The third-order valence-corrected chi connectivity index (χ3v) is 3.93. The minimum atomic E-state index is -0.803. The second-order valence-corrected chi connectivity index (χ2v) is 7.34. The van der Waals surface area contributed by atoms with Crippen LogP contribution in [0.25, 0.3) is 0 Å². The van der Waals surface area contributed by atoms with E-state index in [9.17, 15) is 14.4 Å². The molecule has 3 N–H and O–H groups in total. The summed E-state index contributed by atoms with van der Waals surface area (Å²) in [6.07, 6.45) is 0. The average molecular weight is 414 g/mol. The van der Waals surface area contributed by atoms with Crippen LogP contribution in [0.15, 0.2) is 30.3 Å². The van der Waals surface area contributed by atoms with Crippen LogP contribution in [0.3, 0.4) is 0 Å². The van der Waals surface area contributed by atoms with E-state index in [0.29, 0.717) is 5.69 Å². The number of esters is 1. The maximum atomic E-state index is 12.7. The van der Waals surface area contributed by atoms with Gasteiger partial charge in [0.25, 0.3) is 0 Å². The molecule has 0 bridgehead atoms. The molecule has 0 fully saturated rings. The SMILES string of the molecule is CC(C)COC(=O)[C@H](C)NC(=O)CN(C(=O)[C@@H](N)C(C)C)c1ccccc1.Cl. The van der Waals surface area contributed by atoms with Gasteiger partial charge < -0.3 is 20.7 Å². The summed E-state index contributed by atoms with van der Waals surface area (Å²) in [5, 5.41) is 2.58. The maximum Gasteiger partial charge on any atom is 0.328 e. The van der Waals surface area contributed by atoms with Crippen LogP contribution in [0.5, 0.6) is 0 Å². The van der Waals surface area contributed by atoms with Crippen LogP contribution in [0, 0.1) is 11.8 Å². The number of carbonyl (C=O) groups is 3. The van der Waals surface area contributed by atoms with E-state index in [0.717, 1.165) is 0 Å². The summed E-state index contributed by atoms with van der Waals surface area (Å²) in [5.41, 5.74) is 6.57. The molecule has 8 heteroatoms. The van der Waals surface area contributed by atoms with Gasteiger partial charge in [0.1, 0.15) is 12.6 Å². The molecular weight excluding hydrogens is 382 g/mol. The summed E-state index contributed by atoms with van der Waals surface area (Å²) in [6, 6.07) is 7.31. The maximum absolute atomic E-state index is 12.7. The molecule has 28 heavy (non-hydrogen) atoms. The monoisotopic (exact) mass is 413 g/mol. The van der Waals surface area contributed by atoms with Crippen LogP contribution in [0.1, 0.15) is 34.6 Å². The molecule has 0 saturated heterocycles. The Morgan fingerprint density at radius 3 is 2.14 bits per heavy atom. The largest absolute Gasteiger partial charge is 0.464 e. The zero-order valence-corrected chi connectivity index (χ0v) is 18.0. The lowest BCUT2D eigenvalue weighted by molar-refractivity contribution is -0.148. The van der Waals surface area contributed by atoms with Crippen molar-refractivity contribution >= 4 is 35.9 Å². The minimum Gasteiger partial charge on any atom is -0.464 e. The number of nitrogens with two attached hydrogens (primary N) is 1. The molecule has 0 radical (unpaired) electrons. The van der Waals surface area contributed by atoms with E-state index in [1.54, 1.807) is 31.2 Å². The highest BCUT2D eigenvalue weighted by Gasteiger charge is 2.27. The molecule has 0 heterocycles. The molecule has 7 nitrogen and oxygen atoms in total. The minimum absolute atomic E-state index is 0. The Labute approximate surface area is 173 Å². The smallest absolute Gasteiger partial charge is 0.328 e. The molecule has 0 aliphatic carbocycles. The fraction of sp³-hybridized carbons (Fsp3) is 0.550. The first kappa shape index (κ1) is 25.9. The number of hydrogen-bond acceptors (Lipinski definition) is 5. The van der Waals surface area contributed by atoms with Crippen LogP contribution < -0.4 is 16.0 Å². The van der Waals surface area contributed by atoms with Crippen molar-refractivity contribution in [3.63, 3.8) is 0 Å². The zero-order valence-electron chi connectivity index (χ0n) is 17.2. The Bertz CT molecular complexity index is 638. The Kier molecular flexibility index (Phi) is 11.4. The van der Waals surface area contributed by atoms with Crippen molar-refractivity contribution in [2.45, 2.75) is 46.7 Å². The van der Waals surface area contributed by atoms with Gasteiger partial charge in [-0.15, -0.1) is 12.4 Å². The molecule has 0 unspecified atom stereocenters. The lowest BCUT2D eigenvalue weighted by Gasteiger charge is -2.27. The van der Waals surface area contributed by atoms with E-state index >= 15 is 0 Å². The zero-order chi connectivity index (χ0) is 20.6. The molecule has 0 aromatic heterocycles. The molecule has 0 aliphatic rings. The molecule has 2 atom stereocenters. The molecule has 1 aromatic carbocycles. The van der Waals surface area contributed by atoms with Gasteiger partial charge in [-0.25, -0.2) is 4.79 Å². The van der Waals surface area contributed by atoms with Crippen LogP contribution in [0.2, 0.25) is 0 Å². The number of benzene rings is 1. The Hall–Kier alpha value is -2.12. The number of anilines is 1. The summed E-state index contributed by atoms with van der Waals surface area (Å²) in [6.45, 7) is 9.16. The molecule has 0 aliphatic heterocycles. The third kappa shape index (κ3) is 8.27. The Morgan fingerprint density at radius 2 is 1.64 bits per heavy atom. The van der Waals surface area contributed by atoms with Crippen LogP contribution in [0.4, 0.5) is 5.69 Å². The lowest BCUT2D eigenvalue weighted by Crippen LogP contribution is -2.51. The summed E-state index contributed by atoms with van der Waals surface area (Å²) in [4.78, 5) is 38.4. The molecule has 1 rings (SSSR count). The van der Waals surface area contributed by atoms with E-state index in [-0.39, 0.29) is 43.3 Å². The van der Waals surface area contributed by atoms with Crippen LogP contribution in [-0.4, -0.2) is 43.0 Å². The highest BCUT2D eigenvalue weighted by Crippen LogP contribution is 2.16. The highest BCUT2D eigenvalue weighted by atomic mass is 35.5. The van der Waals surface area contributed by atoms with Crippen LogP contribution >= 0.6 is 12.4 Å². The quantitative estimate of drug-likeness (QED) is 0.604. The highest BCUT2D eigenvalue weighted by molar-refractivity contribution is 6.02. The van der Waals surface area contributed by atoms with Gasteiger partial charge in [-0.05, 0) is 30.9 Å². The van der Waals surface area contributed by atoms with Crippen molar-refractivity contribution in [1.29, 1.82) is 0 Å². The predicted octanol–water partition coefficient (Wildman–Crippen LogP) is 2.13. The van der Waals surface area contributed by atoms with Gasteiger partial charge in [0, 0.05) is 5.69 Å². The fourth-order valence-corrected chi connectivity index (χ4v) is 2.23. The molecule has 158 valence electrons. The molecule has 2 amide bonds. The molecule has 0 spiro atoms. The first-order valence-electron chi connectivity index (χ1n) is 9.21. The normalized spacial score (nSPS) is 12.7. The van der Waals surface area contributed by atoms with Gasteiger partial charge in [-0.1, -0.05) is 45.9 Å². The predicted molar refractivity (Wildman–Crippen MR) is 112 cm³/mol. The first-order valence-corrected chi connectivity index (χ1v) is 9.21. The second kappa shape index (κ2) is 12.4. The Morgan fingerprint density at radius 1 is 1.07 bits per heavy atom. The van der Waals surface area contributed by atoms with Crippen molar-refractivity contribution in [1.82, 2.24) is 5.32 Å². The van der Waals surface area contributed by atoms with Crippen molar-refractivity contribution in [2.24, 2.45) is 17.6 Å². The van der Waals surface area contributed by atoms with Gasteiger partial charge >= 0.3 is 5.97 Å². The summed E-state index contributed by atoms with van der Waals surface area (Å²) < 4.78 is 5.12. The number of nitrogens with zero attached hydrogens (tertiary/aromatic N) is 1. The average Bonchev–Trinajstić information content (AvgIpc) is 2.63. The molecule has 1 aromatic rings. The fourth-order valence-electron chi connectivity index (χ4n) is 2.23. The number of carbonyl (C=O) groups excluding carboxylic acids is 3. The summed E-state index contributed by atoms with van der Waals surface area (Å²) in [7, 11) is 0. The number of hydrogen-bond donors (Lipinski definition) is 2. The number of nitrogens with one attached hydrogen (secondary N) is 1.